The molecule has 1 aromatic rings. The van der Waals surface area contributed by atoms with Crippen molar-refractivity contribution in [3.8, 4) is 0 Å². The summed E-state index contributed by atoms with van der Waals surface area (Å²) in [5.41, 5.74) is 0.696. The zero-order valence-corrected chi connectivity index (χ0v) is 17.2. The molecule has 2 fully saturated rings. The normalized spacial score (nSPS) is 19.2. The Morgan fingerprint density at radius 3 is 2.30 bits per heavy atom. The molecule has 2 aliphatic heterocycles. The van der Waals surface area contributed by atoms with Crippen molar-refractivity contribution in [3.63, 3.8) is 0 Å². The van der Waals surface area contributed by atoms with Crippen LogP contribution in [-0.2, 0) is 21.4 Å². The Hall–Kier alpha value is -1.15. The van der Waals surface area contributed by atoms with E-state index >= 15 is 0 Å². The third kappa shape index (κ3) is 5.22. The zero-order chi connectivity index (χ0) is 19.3. The number of halogens is 1. The maximum atomic E-state index is 12.8. The number of carbonyl (C=O) groups is 1. The topological polar surface area (TPSA) is 69.7 Å². The maximum Gasteiger partial charge on any atom is 0.243 e. The second kappa shape index (κ2) is 9.37. The van der Waals surface area contributed by atoms with Crippen LogP contribution in [0.25, 0.3) is 0 Å². The molecule has 150 valence electrons. The van der Waals surface area contributed by atoms with Gasteiger partial charge in [-0.1, -0.05) is 18.0 Å². The smallest absolute Gasteiger partial charge is 0.243 e. The molecule has 1 amide bonds. The Labute approximate surface area is 166 Å². The molecule has 0 aliphatic carbocycles. The van der Waals surface area contributed by atoms with Crippen LogP contribution in [-0.4, -0.2) is 56.3 Å². The third-order valence-electron chi connectivity index (χ3n) is 5.27. The Kier molecular flexibility index (Phi) is 7.14. The Morgan fingerprint density at radius 2 is 1.63 bits per heavy atom. The van der Waals surface area contributed by atoms with Crippen molar-refractivity contribution in [1.82, 2.24) is 14.5 Å². The first-order chi connectivity index (χ1) is 13.0. The molecule has 2 saturated heterocycles. The van der Waals surface area contributed by atoms with Gasteiger partial charge in [-0.15, -0.1) is 0 Å². The van der Waals surface area contributed by atoms with E-state index in [2.05, 4.69) is 5.32 Å². The monoisotopic (exact) mass is 413 g/mol. The standard InChI is InChI=1S/C19H28ClN3O3S/c20-18-8-7-17(27(25,26)23-11-5-2-6-12-23)13-16(18)14-21-15-19(24)22-9-3-1-4-10-22/h7-8,13,21H,1-6,9-12,14-15H2. The average Bonchev–Trinajstić information content (AvgIpc) is 2.70. The van der Waals surface area contributed by atoms with E-state index in [-0.39, 0.29) is 17.3 Å². The Bertz CT molecular complexity index is 757. The highest BCUT2D eigenvalue weighted by molar-refractivity contribution is 7.89. The van der Waals surface area contributed by atoms with Gasteiger partial charge in [0.05, 0.1) is 11.4 Å². The minimum atomic E-state index is -3.49. The van der Waals surface area contributed by atoms with Crippen LogP contribution in [0.15, 0.2) is 23.1 Å². The van der Waals surface area contributed by atoms with E-state index in [1.165, 1.54) is 6.42 Å². The molecule has 0 unspecified atom stereocenters. The summed E-state index contributed by atoms with van der Waals surface area (Å²) in [5, 5.41) is 3.62. The van der Waals surface area contributed by atoms with Crippen molar-refractivity contribution in [3.05, 3.63) is 28.8 Å². The molecule has 0 aromatic heterocycles. The molecule has 0 saturated carbocycles. The van der Waals surface area contributed by atoms with E-state index in [1.54, 1.807) is 22.5 Å². The van der Waals surface area contributed by atoms with E-state index in [4.69, 9.17) is 11.6 Å². The molecule has 1 aromatic carbocycles. The van der Waals surface area contributed by atoms with Gasteiger partial charge < -0.3 is 10.2 Å². The summed E-state index contributed by atoms with van der Waals surface area (Å²) in [6.07, 6.45) is 6.19. The molecule has 0 atom stereocenters. The predicted octanol–water partition coefficient (Wildman–Crippen LogP) is 2.62. The number of rotatable bonds is 6. The van der Waals surface area contributed by atoms with Crippen LogP contribution in [0, 0.1) is 0 Å². The zero-order valence-electron chi connectivity index (χ0n) is 15.6. The lowest BCUT2D eigenvalue weighted by atomic mass is 10.1. The summed E-state index contributed by atoms with van der Waals surface area (Å²) in [6.45, 7) is 3.39. The van der Waals surface area contributed by atoms with Crippen LogP contribution in [0.1, 0.15) is 44.1 Å². The van der Waals surface area contributed by atoms with Gasteiger partial charge in [-0.3, -0.25) is 4.79 Å². The molecule has 6 nitrogen and oxygen atoms in total. The summed E-state index contributed by atoms with van der Waals surface area (Å²) >= 11 is 6.25. The van der Waals surface area contributed by atoms with Crippen LogP contribution in [0.5, 0.6) is 0 Å². The number of benzene rings is 1. The Morgan fingerprint density at radius 1 is 1.00 bits per heavy atom. The molecule has 2 aliphatic rings. The van der Waals surface area contributed by atoms with Crippen molar-refractivity contribution in [2.45, 2.75) is 50.0 Å². The molecular weight excluding hydrogens is 386 g/mol. The van der Waals surface area contributed by atoms with Gasteiger partial charge in [0.1, 0.15) is 0 Å². The lowest BCUT2D eigenvalue weighted by Crippen LogP contribution is -2.41. The van der Waals surface area contributed by atoms with E-state index in [1.807, 2.05) is 4.90 Å². The second-order valence-electron chi connectivity index (χ2n) is 7.26. The van der Waals surface area contributed by atoms with Crippen molar-refractivity contribution < 1.29 is 13.2 Å². The quantitative estimate of drug-likeness (QED) is 0.778. The summed E-state index contributed by atoms with van der Waals surface area (Å²) in [5.74, 6) is 0.0860. The molecule has 8 heteroatoms. The molecule has 2 heterocycles. The fourth-order valence-electron chi connectivity index (χ4n) is 3.66. The van der Waals surface area contributed by atoms with Gasteiger partial charge >= 0.3 is 0 Å². The Balaban J connectivity index is 1.62. The predicted molar refractivity (Wildman–Crippen MR) is 106 cm³/mol. The van der Waals surface area contributed by atoms with Gasteiger partial charge in [-0.25, -0.2) is 8.42 Å². The minimum absolute atomic E-state index is 0.0860. The van der Waals surface area contributed by atoms with Crippen LogP contribution in [0.4, 0.5) is 0 Å². The van der Waals surface area contributed by atoms with Gasteiger partial charge in [0.25, 0.3) is 0 Å². The molecule has 3 rings (SSSR count). The lowest BCUT2D eigenvalue weighted by Gasteiger charge is -2.27. The van der Waals surface area contributed by atoms with Crippen molar-refractivity contribution in [2.24, 2.45) is 0 Å². The van der Waals surface area contributed by atoms with Crippen LogP contribution < -0.4 is 5.32 Å². The number of hydrogen-bond acceptors (Lipinski definition) is 4. The summed E-state index contributed by atoms with van der Waals surface area (Å²) in [6, 6.07) is 4.82. The third-order valence-corrected chi connectivity index (χ3v) is 7.53. The number of piperidine rings is 2. The molecule has 0 radical (unpaired) electrons. The highest BCUT2D eigenvalue weighted by atomic mass is 35.5. The number of amides is 1. The first-order valence-corrected chi connectivity index (χ1v) is 11.6. The van der Waals surface area contributed by atoms with Crippen molar-refractivity contribution in [2.75, 3.05) is 32.7 Å². The number of nitrogens with one attached hydrogen (secondary N) is 1. The summed E-state index contributed by atoms with van der Waals surface area (Å²) in [4.78, 5) is 14.4. The first kappa shape index (κ1) is 20.6. The summed E-state index contributed by atoms with van der Waals surface area (Å²) in [7, 11) is -3.49. The van der Waals surface area contributed by atoms with Gasteiger partial charge in [0, 0.05) is 37.7 Å². The summed E-state index contributed by atoms with van der Waals surface area (Å²) < 4.78 is 27.2. The van der Waals surface area contributed by atoms with Crippen LogP contribution in [0.2, 0.25) is 5.02 Å². The van der Waals surface area contributed by atoms with Crippen molar-refractivity contribution in [1.29, 1.82) is 0 Å². The molecule has 0 spiro atoms. The maximum absolute atomic E-state index is 12.8. The molecule has 0 bridgehead atoms. The van der Waals surface area contributed by atoms with Gasteiger partial charge in [-0.2, -0.15) is 4.31 Å². The second-order valence-corrected chi connectivity index (χ2v) is 9.61. The highest BCUT2D eigenvalue weighted by Crippen LogP contribution is 2.25. The average molecular weight is 414 g/mol. The largest absolute Gasteiger partial charge is 0.342 e. The fraction of sp³-hybridized carbons (Fsp3) is 0.632. The number of sulfonamides is 1. The minimum Gasteiger partial charge on any atom is -0.342 e. The van der Waals surface area contributed by atoms with Gasteiger partial charge in [0.15, 0.2) is 0 Å². The van der Waals surface area contributed by atoms with E-state index in [0.29, 0.717) is 30.2 Å². The van der Waals surface area contributed by atoms with E-state index in [9.17, 15) is 13.2 Å². The number of hydrogen-bond donors (Lipinski definition) is 1. The lowest BCUT2D eigenvalue weighted by molar-refractivity contribution is -0.131. The molecule has 1 N–H and O–H groups in total. The van der Waals surface area contributed by atoms with Gasteiger partial charge in [-0.05, 0) is 55.9 Å². The SMILES string of the molecule is O=C(CNCc1cc(S(=O)(=O)N2CCCCC2)ccc1Cl)N1CCCCC1. The fourth-order valence-corrected chi connectivity index (χ4v) is 5.41. The van der Waals surface area contributed by atoms with Gasteiger partial charge in [0.2, 0.25) is 15.9 Å². The highest BCUT2D eigenvalue weighted by Gasteiger charge is 2.26. The number of carbonyl (C=O) groups excluding carboxylic acids is 1. The molecule has 27 heavy (non-hydrogen) atoms. The molecular formula is C19H28ClN3O3S. The number of nitrogens with zero attached hydrogens (tertiary/aromatic N) is 2. The van der Waals surface area contributed by atoms with Crippen molar-refractivity contribution >= 4 is 27.5 Å². The number of likely N-dealkylation sites (tertiary alicyclic amines) is 1. The van der Waals surface area contributed by atoms with E-state index < -0.39 is 10.0 Å². The van der Waals surface area contributed by atoms with Crippen LogP contribution >= 0.6 is 11.6 Å². The first-order valence-electron chi connectivity index (χ1n) is 9.75. The van der Waals surface area contributed by atoms with E-state index in [0.717, 1.165) is 45.2 Å². The van der Waals surface area contributed by atoms with Crippen LogP contribution in [0.3, 0.4) is 0 Å².